The third-order valence-corrected chi connectivity index (χ3v) is 4.16. The highest BCUT2D eigenvalue weighted by Crippen LogP contribution is 2.30. The van der Waals surface area contributed by atoms with Crippen LogP contribution in [0, 0.1) is 12.8 Å². The average molecular weight is 259 g/mol. The molecule has 0 radical (unpaired) electrons. The second-order valence-electron chi connectivity index (χ2n) is 5.53. The number of fused-ring (bicyclic) bond motifs is 1. The molecular weight excluding hydrogens is 242 g/mol. The van der Waals surface area contributed by atoms with Crippen LogP contribution in [0.1, 0.15) is 45.5 Å². The lowest BCUT2D eigenvalue weighted by atomic mass is 10.1. The second kappa shape index (κ2) is 4.46. The van der Waals surface area contributed by atoms with Crippen molar-refractivity contribution in [1.82, 2.24) is 4.90 Å². The minimum absolute atomic E-state index is 0.0308. The molecule has 0 spiro atoms. The van der Waals surface area contributed by atoms with Gasteiger partial charge < -0.3 is 5.11 Å². The Morgan fingerprint density at radius 3 is 2.63 bits per heavy atom. The Balaban J connectivity index is 1.86. The van der Waals surface area contributed by atoms with E-state index in [1.165, 1.54) is 4.90 Å². The van der Waals surface area contributed by atoms with Crippen LogP contribution in [0.3, 0.4) is 0 Å². The molecule has 1 aliphatic carbocycles. The van der Waals surface area contributed by atoms with Gasteiger partial charge in [0.15, 0.2) is 0 Å². The van der Waals surface area contributed by atoms with Crippen LogP contribution in [-0.4, -0.2) is 34.5 Å². The number of aliphatic hydroxyl groups excluding tert-OH is 1. The molecule has 3 rings (SSSR count). The largest absolute Gasteiger partial charge is 0.393 e. The van der Waals surface area contributed by atoms with Crippen LogP contribution >= 0.6 is 0 Å². The summed E-state index contributed by atoms with van der Waals surface area (Å²) < 4.78 is 0. The molecule has 2 atom stereocenters. The normalized spacial score (nSPS) is 26.1. The molecule has 1 N–H and O–H groups in total. The number of rotatable bonds is 2. The van der Waals surface area contributed by atoms with Crippen molar-refractivity contribution in [2.45, 2.75) is 32.3 Å². The third-order valence-electron chi connectivity index (χ3n) is 4.16. The summed E-state index contributed by atoms with van der Waals surface area (Å²) in [6, 6.07) is 5.33. The van der Waals surface area contributed by atoms with Gasteiger partial charge in [0.2, 0.25) is 0 Å². The second-order valence-corrected chi connectivity index (χ2v) is 5.53. The van der Waals surface area contributed by atoms with Crippen molar-refractivity contribution in [3.8, 4) is 0 Å². The number of hydrogen-bond donors (Lipinski definition) is 1. The minimum atomic E-state index is -0.383. The first-order valence-electron chi connectivity index (χ1n) is 6.73. The van der Waals surface area contributed by atoms with E-state index >= 15 is 0 Å². The Morgan fingerprint density at radius 2 is 1.95 bits per heavy atom. The molecule has 1 saturated carbocycles. The molecule has 0 saturated heterocycles. The quantitative estimate of drug-likeness (QED) is 0.823. The highest BCUT2D eigenvalue weighted by molar-refractivity contribution is 6.21. The van der Waals surface area contributed by atoms with Crippen LogP contribution in [0.2, 0.25) is 0 Å². The smallest absolute Gasteiger partial charge is 0.261 e. The fourth-order valence-electron chi connectivity index (χ4n) is 3.04. The van der Waals surface area contributed by atoms with Crippen molar-refractivity contribution >= 4 is 11.8 Å². The maximum atomic E-state index is 12.3. The molecule has 0 aromatic heterocycles. The molecule has 2 unspecified atom stereocenters. The van der Waals surface area contributed by atoms with E-state index in [1.807, 2.05) is 13.0 Å². The topological polar surface area (TPSA) is 57.6 Å². The van der Waals surface area contributed by atoms with Crippen LogP contribution in [0.5, 0.6) is 0 Å². The Kier molecular flexibility index (Phi) is 2.90. The molecule has 0 bridgehead atoms. The maximum absolute atomic E-state index is 12.3. The summed E-state index contributed by atoms with van der Waals surface area (Å²) in [6.07, 6.45) is 2.24. The van der Waals surface area contributed by atoms with Crippen LogP contribution in [0.25, 0.3) is 0 Å². The maximum Gasteiger partial charge on any atom is 0.261 e. The number of carbonyl (C=O) groups is 2. The Bertz CT molecular complexity index is 552. The highest BCUT2D eigenvalue weighted by atomic mass is 16.3. The third kappa shape index (κ3) is 1.96. The van der Waals surface area contributed by atoms with E-state index in [9.17, 15) is 14.7 Å². The van der Waals surface area contributed by atoms with Crippen LogP contribution in [-0.2, 0) is 0 Å². The van der Waals surface area contributed by atoms with E-state index in [4.69, 9.17) is 0 Å². The summed E-state index contributed by atoms with van der Waals surface area (Å²) >= 11 is 0. The number of hydrogen-bond acceptors (Lipinski definition) is 3. The number of amides is 2. The zero-order chi connectivity index (χ0) is 13.6. The van der Waals surface area contributed by atoms with Gasteiger partial charge in [-0.3, -0.25) is 14.5 Å². The highest BCUT2D eigenvalue weighted by Gasteiger charge is 2.38. The van der Waals surface area contributed by atoms with E-state index in [-0.39, 0.29) is 23.8 Å². The van der Waals surface area contributed by atoms with Crippen molar-refractivity contribution < 1.29 is 14.7 Å². The van der Waals surface area contributed by atoms with Gasteiger partial charge in [0.1, 0.15) is 0 Å². The van der Waals surface area contributed by atoms with E-state index in [1.54, 1.807) is 12.1 Å². The molecule has 1 aromatic carbocycles. The van der Waals surface area contributed by atoms with Crippen molar-refractivity contribution in [1.29, 1.82) is 0 Å². The first-order chi connectivity index (χ1) is 9.08. The predicted octanol–water partition coefficient (Wildman–Crippen LogP) is 1.75. The van der Waals surface area contributed by atoms with Gasteiger partial charge in [0.05, 0.1) is 17.2 Å². The molecule has 4 heteroatoms. The number of carbonyl (C=O) groups excluding carboxylic acids is 2. The van der Waals surface area contributed by atoms with Crippen LogP contribution in [0.4, 0.5) is 0 Å². The lowest BCUT2D eigenvalue weighted by Gasteiger charge is -2.21. The summed E-state index contributed by atoms with van der Waals surface area (Å²) in [4.78, 5) is 25.8. The fourth-order valence-corrected chi connectivity index (χ4v) is 3.04. The Labute approximate surface area is 112 Å². The number of nitrogens with zero attached hydrogens (tertiary/aromatic N) is 1. The Morgan fingerprint density at radius 1 is 1.21 bits per heavy atom. The van der Waals surface area contributed by atoms with E-state index in [0.717, 1.165) is 24.8 Å². The van der Waals surface area contributed by atoms with Gasteiger partial charge in [-0.1, -0.05) is 18.1 Å². The van der Waals surface area contributed by atoms with E-state index < -0.39 is 0 Å². The first kappa shape index (κ1) is 12.4. The lowest BCUT2D eigenvalue weighted by Crippen LogP contribution is -2.36. The number of imide groups is 1. The van der Waals surface area contributed by atoms with Crippen LogP contribution in [0.15, 0.2) is 18.2 Å². The summed E-state index contributed by atoms with van der Waals surface area (Å²) in [5.41, 5.74) is 1.96. The van der Waals surface area contributed by atoms with Gasteiger partial charge in [-0.05, 0) is 31.9 Å². The molecule has 19 heavy (non-hydrogen) atoms. The number of aliphatic hydroxyl groups is 1. The minimum Gasteiger partial charge on any atom is -0.393 e. The van der Waals surface area contributed by atoms with E-state index in [0.29, 0.717) is 17.7 Å². The molecule has 1 aliphatic heterocycles. The van der Waals surface area contributed by atoms with E-state index in [2.05, 4.69) is 0 Å². The molecule has 4 nitrogen and oxygen atoms in total. The number of aryl methyl sites for hydroxylation is 1. The standard InChI is InChI=1S/C15H17NO3/c1-9-5-6-11-12(7-9)15(19)16(14(11)18)8-10-3-2-4-13(10)17/h5-7,10,13,17H,2-4,8H2,1H3. The zero-order valence-electron chi connectivity index (χ0n) is 10.9. The van der Waals surface area contributed by atoms with Crippen molar-refractivity contribution in [3.63, 3.8) is 0 Å². The lowest BCUT2D eigenvalue weighted by molar-refractivity contribution is 0.0562. The van der Waals surface area contributed by atoms with Crippen LogP contribution < -0.4 is 0 Å². The fraction of sp³-hybridized carbons (Fsp3) is 0.467. The Hall–Kier alpha value is -1.68. The molecular formula is C15H17NO3. The summed E-state index contributed by atoms with van der Waals surface area (Å²) in [5, 5.41) is 9.83. The number of benzene rings is 1. The van der Waals surface area contributed by atoms with Gasteiger partial charge in [0, 0.05) is 12.5 Å². The summed E-state index contributed by atoms with van der Waals surface area (Å²) in [7, 11) is 0. The van der Waals surface area contributed by atoms with Gasteiger partial charge in [-0.25, -0.2) is 0 Å². The average Bonchev–Trinajstić information content (AvgIpc) is 2.88. The molecule has 1 aromatic rings. The summed E-state index contributed by atoms with van der Waals surface area (Å²) in [5.74, 6) is -0.412. The monoisotopic (exact) mass is 259 g/mol. The molecule has 1 heterocycles. The van der Waals surface area contributed by atoms with Gasteiger partial charge in [-0.15, -0.1) is 0 Å². The summed E-state index contributed by atoms with van der Waals surface area (Å²) in [6.45, 7) is 2.24. The van der Waals surface area contributed by atoms with Crippen molar-refractivity contribution in [2.75, 3.05) is 6.54 Å². The van der Waals surface area contributed by atoms with Crippen molar-refractivity contribution in [3.05, 3.63) is 34.9 Å². The zero-order valence-corrected chi connectivity index (χ0v) is 10.9. The molecule has 100 valence electrons. The molecule has 2 amide bonds. The molecule has 2 aliphatic rings. The van der Waals surface area contributed by atoms with Gasteiger partial charge in [-0.2, -0.15) is 0 Å². The first-order valence-corrected chi connectivity index (χ1v) is 6.73. The van der Waals surface area contributed by atoms with Crippen molar-refractivity contribution in [2.24, 2.45) is 5.92 Å². The van der Waals surface area contributed by atoms with Gasteiger partial charge >= 0.3 is 0 Å². The molecule has 1 fully saturated rings. The SMILES string of the molecule is Cc1ccc2c(c1)C(=O)N(CC1CCCC1O)C2=O. The predicted molar refractivity (Wildman–Crippen MR) is 69.9 cm³/mol. The van der Waals surface area contributed by atoms with Gasteiger partial charge in [0.25, 0.3) is 11.8 Å².